The van der Waals surface area contributed by atoms with Crippen LogP contribution in [0.4, 0.5) is 4.79 Å². The minimum atomic E-state index is -0.996. The average molecular weight is 538 g/mol. The van der Waals surface area contributed by atoms with E-state index in [4.69, 9.17) is 14.2 Å². The van der Waals surface area contributed by atoms with Crippen LogP contribution in [-0.4, -0.2) is 60.5 Å². The molecule has 1 amide bonds. The van der Waals surface area contributed by atoms with Crippen molar-refractivity contribution in [3.05, 3.63) is 47.9 Å². The number of rotatable bonds is 11. The van der Waals surface area contributed by atoms with E-state index in [2.05, 4.69) is 29.0 Å². The minimum Gasteiger partial charge on any atom is -0.493 e. The van der Waals surface area contributed by atoms with E-state index in [0.29, 0.717) is 17.2 Å². The van der Waals surface area contributed by atoms with Gasteiger partial charge in [0.05, 0.1) is 25.3 Å². The Morgan fingerprint density at radius 3 is 2.54 bits per heavy atom. The zero-order valence-electron chi connectivity index (χ0n) is 24.0. The van der Waals surface area contributed by atoms with Crippen LogP contribution in [0.5, 0.6) is 17.2 Å². The Morgan fingerprint density at radius 2 is 1.87 bits per heavy atom. The quantitative estimate of drug-likeness (QED) is 0.342. The molecule has 2 aromatic rings. The van der Waals surface area contributed by atoms with E-state index in [9.17, 15) is 9.90 Å². The number of fused-ring (bicyclic) bond motifs is 1. The summed E-state index contributed by atoms with van der Waals surface area (Å²) in [6, 6.07) is 5.54. The maximum Gasteiger partial charge on any atom is 0.405 e. The summed E-state index contributed by atoms with van der Waals surface area (Å²) in [4.78, 5) is 19.2. The first kappa shape index (κ1) is 28.7. The lowest BCUT2D eigenvalue weighted by Gasteiger charge is -2.46. The van der Waals surface area contributed by atoms with E-state index in [1.165, 1.54) is 19.3 Å². The van der Waals surface area contributed by atoms with Crippen LogP contribution < -0.4 is 19.5 Å². The van der Waals surface area contributed by atoms with Crippen LogP contribution in [0.25, 0.3) is 10.9 Å². The van der Waals surface area contributed by atoms with Crippen LogP contribution in [0.15, 0.2) is 47.9 Å². The standard InChI is InChI=1S/C31H43N3O5/c1-6-10-23(13-18-34-16-8-7-9-17-34)31(33-30(35)36)14-11-26(21(2)22(31)3)39-27-12-15-32-25-20-29(38-5)28(37-4)19-24(25)27/h11-12,14-15,19-20,22-23,33H,6-10,13,16-18H2,1-5H3,(H,35,36). The molecule has 4 rings (SSSR count). The fourth-order valence-corrected chi connectivity index (χ4v) is 6.25. The van der Waals surface area contributed by atoms with Crippen molar-refractivity contribution in [1.82, 2.24) is 15.2 Å². The molecule has 1 aromatic carbocycles. The molecule has 0 bridgehead atoms. The molecule has 3 unspecified atom stereocenters. The lowest BCUT2D eigenvalue weighted by atomic mass is 9.66. The monoisotopic (exact) mass is 537 g/mol. The van der Waals surface area contributed by atoms with Gasteiger partial charge in [0, 0.05) is 23.6 Å². The Morgan fingerprint density at radius 1 is 1.15 bits per heavy atom. The predicted octanol–water partition coefficient (Wildman–Crippen LogP) is 6.41. The molecule has 1 fully saturated rings. The third-order valence-corrected chi connectivity index (χ3v) is 8.57. The summed E-state index contributed by atoms with van der Waals surface area (Å²) in [5.74, 6) is 2.66. The number of hydrogen-bond donors (Lipinski definition) is 2. The first-order valence-electron chi connectivity index (χ1n) is 14.1. The molecule has 39 heavy (non-hydrogen) atoms. The Bertz CT molecular complexity index is 1220. The second kappa shape index (κ2) is 12.7. The minimum absolute atomic E-state index is 0.0887. The number of amides is 1. The van der Waals surface area contributed by atoms with Crippen LogP contribution in [0.2, 0.25) is 0 Å². The zero-order valence-corrected chi connectivity index (χ0v) is 24.0. The molecule has 8 nitrogen and oxygen atoms in total. The van der Waals surface area contributed by atoms with Gasteiger partial charge in [0.25, 0.3) is 0 Å². The lowest BCUT2D eigenvalue weighted by Crippen LogP contribution is -2.58. The van der Waals surface area contributed by atoms with Gasteiger partial charge in [-0.2, -0.15) is 0 Å². The van der Waals surface area contributed by atoms with Crippen molar-refractivity contribution >= 4 is 17.0 Å². The van der Waals surface area contributed by atoms with Crippen molar-refractivity contribution in [2.24, 2.45) is 11.8 Å². The van der Waals surface area contributed by atoms with E-state index in [-0.39, 0.29) is 11.8 Å². The number of aromatic nitrogens is 1. The van der Waals surface area contributed by atoms with Crippen molar-refractivity contribution < 1.29 is 24.1 Å². The highest BCUT2D eigenvalue weighted by Gasteiger charge is 2.45. The molecular formula is C31H43N3O5. The van der Waals surface area contributed by atoms with Gasteiger partial charge in [-0.3, -0.25) is 4.98 Å². The number of pyridine rings is 1. The highest BCUT2D eigenvalue weighted by Crippen LogP contribution is 2.43. The summed E-state index contributed by atoms with van der Waals surface area (Å²) in [5.41, 5.74) is 1.04. The zero-order chi connectivity index (χ0) is 28.0. The van der Waals surface area contributed by atoms with Gasteiger partial charge >= 0.3 is 6.09 Å². The number of allylic oxidation sites excluding steroid dienone is 1. The van der Waals surface area contributed by atoms with Gasteiger partial charge in [-0.15, -0.1) is 0 Å². The second-order valence-corrected chi connectivity index (χ2v) is 10.8. The van der Waals surface area contributed by atoms with Gasteiger partial charge in [-0.1, -0.05) is 32.8 Å². The second-order valence-electron chi connectivity index (χ2n) is 10.8. The SMILES string of the molecule is CCCC(CCN1CCCCC1)C1(NC(=O)O)C=CC(Oc2ccnc3cc(OC)c(OC)cc23)=C(C)C1C. The van der Waals surface area contributed by atoms with E-state index >= 15 is 0 Å². The van der Waals surface area contributed by atoms with E-state index < -0.39 is 11.6 Å². The molecule has 212 valence electrons. The lowest BCUT2D eigenvalue weighted by molar-refractivity contribution is 0.130. The fraction of sp³-hybridized carbons (Fsp3) is 0.548. The Kier molecular flexibility index (Phi) is 9.38. The van der Waals surface area contributed by atoms with Crippen LogP contribution in [0, 0.1) is 11.8 Å². The predicted molar refractivity (Wildman–Crippen MR) is 154 cm³/mol. The maximum atomic E-state index is 12.1. The smallest absolute Gasteiger partial charge is 0.405 e. The molecular weight excluding hydrogens is 494 g/mol. The van der Waals surface area contributed by atoms with E-state index in [1.54, 1.807) is 20.4 Å². The molecule has 1 aromatic heterocycles. The number of methoxy groups -OCH3 is 2. The number of piperidine rings is 1. The molecule has 1 saturated heterocycles. The normalized spacial score (nSPS) is 22.5. The maximum absolute atomic E-state index is 12.1. The number of carboxylic acid groups (broad SMARTS) is 1. The molecule has 0 saturated carbocycles. The molecule has 8 heteroatoms. The van der Waals surface area contributed by atoms with Crippen molar-refractivity contribution in [2.75, 3.05) is 33.9 Å². The van der Waals surface area contributed by atoms with Gasteiger partial charge in [0.1, 0.15) is 11.5 Å². The first-order chi connectivity index (χ1) is 18.8. The van der Waals surface area contributed by atoms with Crippen LogP contribution in [0.1, 0.15) is 59.3 Å². The Hall–Kier alpha value is -3.26. The first-order valence-corrected chi connectivity index (χ1v) is 14.1. The molecule has 2 N–H and O–H groups in total. The average Bonchev–Trinajstić information content (AvgIpc) is 2.94. The summed E-state index contributed by atoms with van der Waals surface area (Å²) in [5, 5.41) is 13.7. The molecule has 3 atom stereocenters. The van der Waals surface area contributed by atoms with Crippen LogP contribution >= 0.6 is 0 Å². The number of ether oxygens (including phenoxy) is 3. The third kappa shape index (κ3) is 6.16. The van der Waals surface area contributed by atoms with E-state index in [1.807, 2.05) is 37.3 Å². The molecule has 1 aliphatic heterocycles. The molecule has 1 aliphatic carbocycles. The topological polar surface area (TPSA) is 93.2 Å². The van der Waals surface area contributed by atoms with Gasteiger partial charge < -0.3 is 29.5 Å². The third-order valence-electron chi connectivity index (χ3n) is 8.57. The van der Waals surface area contributed by atoms with Gasteiger partial charge in [0.15, 0.2) is 11.5 Å². The number of likely N-dealkylation sites (tertiary alicyclic amines) is 1. The van der Waals surface area contributed by atoms with Crippen molar-refractivity contribution in [3.8, 4) is 17.2 Å². The number of nitrogens with zero attached hydrogens (tertiary/aromatic N) is 2. The van der Waals surface area contributed by atoms with Crippen LogP contribution in [0.3, 0.4) is 0 Å². The Labute approximate surface area is 232 Å². The van der Waals surface area contributed by atoms with Crippen molar-refractivity contribution in [2.45, 2.75) is 64.8 Å². The molecule has 2 heterocycles. The van der Waals surface area contributed by atoms with Gasteiger partial charge in [-0.25, -0.2) is 4.79 Å². The van der Waals surface area contributed by atoms with Crippen molar-refractivity contribution in [1.29, 1.82) is 0 Å². The molecule has 2 aliphatic rings. The van der Waals surface area contributed by atoms with Gasteiger partial charge in [-0.05, 0) is 81.9 Å². The number of hydrogen-bond acceptors (Lipinski definition) is 6. The molecule has 0 radical (unpaired) electrons. The Balaban J connectivity index is 1.64. The molecule has 0 spiro atoms. The number of nitrogens with one attached hydrogen (secondary N) is 1. The number of benzene rings is 1. The number of carbonyl (C=O) groups is 1. The summed E-state index contributed by atoms with van der Waals surface area (Å²) in [7, 11) is 3.20. The summed E-state index contributed by atoms with van der Waals surface area (Å²) in [6.07, 6.45) is 11.4. The highest BCUT2D eigenvalue weighted by atomic mass is 16.5. The largest absolute Gasteiger partial charge is 0.493 e. The highest BCUT2D eigenvalue weighted by molar-refractivity contribution is 5.88. The summed E-state index contributed by atoms with van der Waals surface area (Å²) < 4.78 is 17.4. The van der Waals surface area contributed by atoms with Gasteiger partial charge in [0.2, 0.25) is 0 Å². The summed E-state index contributed by atoms with van der Waals surface area (Å²) in [6.45, 7) is 9.60. The van der Waals surface area contributed by atoms with E-state index in [0.717, 1.165) is 61.1 Å². The van der Waals surface area contributed by atoms with Crippen molar-refractivity contribution in [3.63, 3.8) is 0 Å². The fourth-order valence-electron chi connectivity index (χ4n) is 6.25. The summed E-state index contributed by atoms with van der Waals surface area (Å²) >= 11 is 0. The van der Waals surface area contributed by atoms with Crippen LogP contribution in [-0.2, 0) is 0 Å².